The lowest BCUT2D eigenvalue weighted by atomic mass is 10.2. The Kier molecular flexibility index (Phi) is 21.4. The third kappa shape index (κ3) is 16.6. The Morgan fingerprint density at radius 1 is 0.417 bits per heavy atom. The Balaban J connectivity index is 0.000000122. The van der Waals surface area contributed by atoms with Crippen molar-refractivity contribution in [3.63, 3.8) is 0 Å². The second kappa shape index (κ2) is 31.7. The molecule has 0 aliphatic carbocycles. The van der Waals surface area contributed by atoms with E-state index in [0.29, 0.717) is 97.0 Å². The molecule has 0 spiro atoms. The minimum atomic E-state index is -0.389. The highest BCUT2D eigenvalue weighted by Gasteiger charge is 2.22. The van der Waals surface area contributed by atoms with Crippen LogP contribution < -0.4 is 21.3 Å². The number of thiazole rings is 1. The molecule has 0 bridgehead atoms. The van der Waals surface area contributed by atoms with E-state index < -0.39 is 0 Å². The number of carbonyl (C=O) groups is 4. The summed E-state index contributed by atoms with van der Waals surface area (Å²) in [6.07, 6.45) is 4.26. The molecule has 8 aromatic heterocycles. The zero-order valence-electron chi connectivity index (χ0n) is 55.0. The molecule has 514 valence electrons. The van der Waals surface area contributed by atoms with Gasteiger partial charge < -0.3 is 34.7 Å². The van der Waals surface area contributed by atoms with Crippen molar-refractivity contribution in [1.82, 2.24) is 54.4 Å². The first kappa shape index (κ1) is 69.5. The van der Waals surface area contributed by atoms with Gasteiger partial charge in [0.2, 0.25) is 5.76 Å². The number of fused-ring (bicyclic) bond motifs is 4. The third-order valence-corrected chi connectivity index (χ3v) is 18.2. The van der Waals surface area contributed by atoms with Gasteiger partial charge >= 0.3 is 0 Å². The zero-order valence-corrected chi connectivity index (χ0v) is 58.8. The van der Waals surface area contributed by atoms with Crippen molar-refractivity contribution in [1.29, 1.82) is 0 Å². The van der Waals surface area contributed by atoms with Crippen LogP contribution >= 0.6 is 57.7 Å². The van der Waals surface area contributed by atoms with Crippen molar-refractivity contribution < 1.29 is 32.6 Å². The van der Waals surface area contributed by atoms with Crippen molar-refractivity contribution in [3.05, 3.63) is 312 Å². The highest BCUT2D eigenvalue weighted by Crippen LogP contribution is 2.30. The number of aryl methyl sites for hydroxylation is 3. The molecule has 16 rings (SSSR count). The molecule has 22 nitrogen and oxygen atoms in total. The topological polar surface area (TPSA) is 266 Å². The Hall–Kier alpha value is -12.0. The Morgan fingerprint density at radius 2 is 0.777 bits per heavy atom. The van der Waals surface area contributed by atoms with Crippen molar-refractivity contribution >= 4 is 148 Å². The quantitative estimate of drug-likeness (QED) is 0.0701. The molecule has 4 amide bonds. The van der Waals surface area contributed by atoms with Crippen LogP contribution in [-0.2, 0) is 26.2 Å². The molecule has 8 aromatic carbocycles. The molecule has 0 saturated carbocycles. The third-order valence-electron chi connectivity index (χ3n) is 16.3. The van der Waals surface area contributed by atoms with Crippen molar-refractivity contribution in [2.75, 3.05) is 21.3 Å². The summed E-state index contributed by atoms with van der Waals surface area (Å²) < 4.78 is 22.4. The molecule has 16 aromatic rings. The first-order valence-electron chi connectivity index (χ1n) is 31.9. The summed E-state index contributed by atoms with van der Waals surface area (Å²) in [5, 5.41) is 43.4. The molecule has 0 aliphatic heterocycles. The number of hydrogen-bond acceptors (Lipinski definition) is 15. The van der Waals surface area contributed by atoms with E-state index in [1.165, 1.54) is 36.1 Å². The summed E-state index contributed by atoms with van der Waals surface area (Å²) in [7, 11) is 0. The number of rotatable bonds is 16. The number of para-hydroxylation sites is 4. The van der Waals surface area contributed by atoms with Crippen LogP contribution in [0.2, 0.25) is 20.1 Å². The lowest BCUT2D eigenvalue weighted by Crippen LogP contribution is -2.13. The summed E-state index contributed by atoms with van der Waals surface area (Å²) in [5.74, 6) is 1.65. The van der Waals surface area contributed by atoms with Gasteiger partial charge in [-0.3, -0.25) is 37.9 Å². The molecular formula is C76H59Cl4N15O7S. The Morgan fingerprint density at radius 3 is 1.10 bits per heavy atom. The lowest BCUT2D eigenvalue weighted by Gasteiger charge is -2.04. The van der Waals surface area contributed by atoms with Crippen molar-refractivity contribution in [2.24, 2.45) is 0 Å². The van der Waals surface area contributed by atoms with Crippen LogP contribution in [0.4, 0.5) is 23.3 Å². The standard InChI is InChI=1S/C20H16ClN3O2.C19H15ClN4O2.C19H15ClN4OS.C18H13ClN4O2/c1-13-16(10-11-26-13)20(25)22-19-17-4-2-3-5-18(17)24(23-19)12-14-6-8-15(21)9-7-14;1-12-16(11-26-23-12)19(25)21-18-15-4-2-3-5-17(15)24(22-18)10-13-6-8-14(20)9-7-13;1-12-17(26-11-21-12)19(25)22-18-15-4-2-3-5-16(15)24(23-18)10-13-6-8-14(20)9-7-13;19-13-7-5-12(6-8-13)11-23-15-4-2-1-3-14(15)17(22-23)21-18(24)16-9-10-20-25-16/h2-11H,12H2,1H3,(H,22,23,25);2-9,11H,10H2,1H3,(H,21,22,25);2-9,11H,10H2,1H3,(H,22,23,25);1-10H,11H2,(H,21,22,24). The van der Waals surface area contributed by atoms with Crippen LogP contribution in [-0.4, -0.2) is 78.0 Å². The monoisotopic (exact) mass is 1470 g/mol. The molecule has 0 saturated heterocycles. The molecule has 4 N–H and O–H groups in total. The van der Waals surface area contributed by atoms with Gasteiger partial charge in [-0.05, 0) is 146 Å². The number of furan rings is 1. The summed E-state index contributed by atoms with van der Waals surface area (Å²) in [4.78, 5) is 54.5. The SMILES string of the molecule is Cc1ncsc1C(=O)Nc1nn(Cc2ccc(Cl)cc2)c2ccccc12.Cc1nocc1C(=O)Nc1nn(Cc2ccc(Cl)cc2)c2ccccc12.Cc1occc1C(=O)Nc1nn(Cc2ccc(Cl)cc2)c2ccccc12.O=C(Nc1nn(Cc2ccc(Cl)cc2)c2ccccc12)c1ccno1. The highest BCUT2D eigenvalue weighted by atomic mass is 35.5. The van der Waals surface area contributed by atoms with E-state index in [1.54, 1.807) is 25.4 Å². The normalized spacial score (nSPS) is 11.0. The number of amides is 4. The molecule has 103 heavy (non-hydrogen) atoms. The van der Waals surface area contributed by atoms with Gasteiger partial charge in [0.05, 0.1) is 83.2 Å². The van der Waals surface area contributed by atoms with Gasteiger partial charge in [0.15, 0.2) is 23.3 Å². The van der Waals surface area contributed by atoms with Gasteiger partial charge in [-0.15, -0.1) is 11.3 Å². The van der Waals surface area contributed by atoms with E-state index in [0.717, 1.165) is 71.6 Å². The highest BCUT2D eigenvalue weighted by molar-refractivity contribution is 7.12. The van der Waals surface area contributed by atoms with Gasteiger partial charge in [0.1, 0.15) is 22.5 Å². The minimum Gasteiger partial charge on any atom is -0.469 e. The van der Waals surface area contributed by atoms with Gasteiger partial charge in [-0.2, -0.15) is 20.4 Å². The van der Waals surface area contributed by atoms with Crippen LogP contribution in [0.15, 0.2) is 244 Å². The maximum absolute atomic E-state index is 12.5. The van der Waals surface area contributed by atoms with Crippen LogP contribution in [0.5, 0.6) is 0 Å². The number of aromatic nitrogens is 11. The average molecular weight is 1470 g/mol. The van der Waals surface area contributed by atoms with E-state index in [1.807, 2.05) is 220 Å². The minimum absolute atomic E-state index is 0.135. The van der Waals surface area contributed by atoms with E-state index in [2.05, 4.69) is 57.0 Å². The summed E-state index contributed by atoms with van der Waals surface area (Å²) >= 11 is 25.1. The Bertz CT molecular complexity index is 5250. The van der Waals surface area contributed by atoms with Gasteiger partial charge in [0, 0.05) is 47.7 Å². The fourth-order valence-electron chi connectivity index (χ4n) is 11.1. The second-order valence-corrected chi connectivity index (χ2v) is 25.9. The van der Waals surface area contributed by atoms with Gasteiger partial charge in [-0.1, -0.05) is 154 Å². The number of nitrogens with one attached hydrogen (secondary N) is 4. The predicted molar refractivity (Wildman–Crippen MR) is 401 cm³/mol. The molecule has 0 radical (unpaired) electrons. The maximum Gasteiger partial charge on any atom is 0.295 e. The van der Waals surface area contributed by atoms with Gasteiger partial charge in [0.25, 0.3) is 23.6 Å². The average Bonchev–Trinajstić information content (AvgIpc) is 1.67. The number of carbonyl (C=O) groups excluding carboxylic acids is 4. The van der Waals surface area contributed by atoms with E-state index in [9.17, 15) is 19.2 Å². The van der Waals surface area contributed by atoms with Crippen LogP contribution in [0.25, 0.3) is 43.6 Å². The zero-order chi connectivity index (χ0) is 71.5. The molecule has 0 unspecified atom stereocenters. The van der Waals surface area contributed by atoms with E-state index in [-0.39, 0.29) is 29.4 Å². The van der Waals surface area contributed by atoms with Gasteiger partial charge in [-0.25, -0.2) is 4.98 Å². The Labute approximate surface area is 611 Å². The first-order chi connectivity index (χ1) is 50.0. The number of benzene rings is 8. The second-order valence-electron chi connectivity index (χ2n) is 23.3. The maximum atomic E-state index is 12.5. The van der Waals surface area contributed by atoms with E-state index in [4.69, 9.17) is 59.9 Å². The largest absolute Gasteiger partial charge is 0.469 e. The van der Waals surface area contributed by atoms with E-state index >= 15 is 0 Å². The fraction of sp³-hybridized carbons (Fsp3) is 0.0921. The number of nitrogens with zero attached hydrogens (tertiary/aromatic N) is 11. The van der Waals surface area contributed by atoms with Crippen LogP contribution in [0.1, 0.15) is 80.3 Å². The number of hydrogen-bond donors (Lipinski definition) is 4. The number of halogens is 4. The summed E-state index contributed by atoms with van der Waals surface area (Å²) in [6.45, 7) is 7.60. The molecule has 0 fully saturated rings. The summed E-state index contributed by atoms with van der Waals surface area (Å²) in [6, 6.07) is 64.8. The fourth-order valence-corrected chi connectivity index (χ4v) is 12.3. The van der Waals surface area contributed by atoms with Crippen LogP contribution in [0.3, 0.4) is 0 Å². The first-order valence-corrected chi connectivity index (χ1v) is 34.3. The molecule has 0 atom stereocenters. The lowest BCUT2D eigenvalue weighted by molar-refractivity contribution is 0.0984. The van der Waals surface area contributed by atoms with Crippen LogP contribution in [0, 0.1) is 20.8 Å². The molecule has 0 aliphatic rings. The molecular weight excluding hydrogens is 1410 g/mol. The molecule has 27 heteroatoms. The molecule has 8 heterocycles. The predicted octanol–water partition coefficient (Wildman–Crippen LogP) is 17.9. The smallest absolute Gasteiger partial charge is 0.295 e. The number of anilines is 4. The summed E-state index contributed by atoms with van der Waals surface area (Å²) in [5.41, 5.74) is 11.9. The van der Waals surface area contributed by atoms with Crippen molar-refractivity contribution in [2.45, 2.75) is 47.0 Å². The van der Waals surface area contributed by atoms with Crippen molar-refractivity contribution in [3.8, 4) is 0 Å².